The van der Waals surface area contributed by atoms with Crippen molar-refractivity contribution in [1.29, 1.82) is 5.26 Å². The number of aromatic amines is 1. The molecule has 0 aliphatic carbocycles. The van der Waals surface area contributed by atoms with Crippen molar-refractivity contribution in [3.05, 3.63) is 65.0 Å². The molecule has 3 N–H and O–H groups in total. The van der Waals surface area contributed by atoms with Crippen LogP contribution in [0, 0.1) is 11.3 Å². The molecule has 1 aromatic heterocycles. The Balaban J connectivity index is 1.81. The number of aromatic nitrogens is 2. The maximum atomic E-state index is 9.91. The molecule has 2 aromatic carbocycles. The van der Waals surface area contributed by atoms with Gasteiger partial charge in [0.1, 0.15) is 17.4 Å². The van der Waals surface area contributed by atoms with Gasteiger partial charge in [-0.3, -0.25) is 5.10 Å². The van der Waals surface area contributed by atoms with E-state index < -0.39 is 5.92 Å². The number of ether oxygens (including phenoxy) is 4. The Kier molecular flexibility index (Phi) is 6.41. The van der Waals surface area contributed by atoms with Crippen LogP contribution >= 0.6 is 0 Å². The van der Waals surface area contributed by atoms with Crippen LogP contribution in [0.4, 0.5) is 0 Å². The van der Waals surface area contributed by atoms with E-state index in [0.29, 0.717) is 41.9 Å². The highest BCUT2D eigenvalue weighted by Gasteiger charge is 2.35. The van der Waals surface area contributed by atoms with Gasteiger partial charge in [-0.25, -0.2) is 0 Å². The predicted molar refractivity (Wildman–Crippen MR) is 123 cm³/mol. The third-order valence-electron chi connectivity index (χ3n) is 5.38. The normalized spacial score (nSPS) is 14.8. The molecule has 33 heavy (non-hydrogen) atoms. The molecule has 8 heteroatoms. The third-order valence-corrected chi connectivity index (χ3v) is 5.38. The molecule has 0 fully saturated rings. The number of hydrogen-bond acceptors (Lipinski definition) is 7. The Morgan fingerprint density at radius 2 is 1.91 bits per heavy atom. The van der Waals surface area contributed by atoms with Crippen molar-refractivity contribution in [3.63, 3.8) is 0 Å². The summed E-state index contributed by atoms with van der Waals surface area (Å²) in [5, 5.41) is 17.3. The van der Waals surface area contributed by atoms with Crippen LogP contribution in [-0.4, -0.2) is 30.5 Å². The van der Waals surface area contributed by atoms with E-state index in [1.807, 2.05) is 49.4 Å². The quantitative estimate of drug-likeness (QED) is 0.524. The van der Waals surface area contributed by atoms with Gasteiger partial charge in [-0.15, -0.1) is 5.10 Å². The fraction of sp³-hybridized carbons (Fsp3) is 0.280. The maximum Gasteiger partial charge on any atom is 0.244 e. The fourth-order valence-electron chi connectivity index (χ4n) is 3.87. The molecule has 3 aromatic rings. The Hall–Kier alpha value is -4.12. The second kappa shape index (κ2) is 9.57. The highest BCUT2D eigenvalue weighted by molar-refractivity contribution is 5.73. The summed E-state index contributed by atoms with van der Waals surface area (Å²) in [6, 6.07) is 15.5. The highest BCUT2D eigenvalue weighted by Crippen LogP contribution is 2.46. The number of nitriles is 1. The molecular formula is C25H26N4O4. The highest BCUT2D eigenvalue weighted by atomic mass is 16.5. The monoisotopic (exact) mass is 446 g/mol. The zero-order valence-corrected chi connectivity index (χ0v) is 18.8. The first-order valence-electron chi connectivity index (χ1n) is 10.8. The van der Waals surface area contributed by atoms with Crippen LogP contribution in [0.1, 0.15) is 37.3 Å². The van der Waals surface area contributed by atoms with Crippen LogP contribution in [0.25, 0.3) is 11.3 Å². The average Bonchev–Trinajstić information content (AvgIpc) is 3.26. The van der Waals surface area contributed by atoms with Crippen molar-refractivity contribution < 1.29 is 18.9 Å². The molecule has 0 spiro atoms. The number of hydrogen-bond donors (Lipinski definition) is 2. The van der Waals surface area contributed by atoms with Gasteiger partial charge < -0.3 is 24.7 Å². The van der Waals surface area contributed by atoms with Crippen LogP contribution < -0.4 is 24.7 Å². The van der Waals surface area contributed by atoms with Crippen molar-refractivity contribution in [2.24, 2.45) is 5.73 Å². The summed E-state index contributed by atoms with van der Waals surface area (Å²) >= 11 is 0. The summed E-state index contributed by atoms with van der Waals surface area (Å²) in [7, 11) is 1.59. The van der Waals surface area contributed by atoms with Crippen LogP contribution in [0.5, 0.6) is 23.1 Å². The lowest BCUT2D eigenvalue weighted by Crippen LogP contribution is -2.21. The zero-order valence-electron chi connectivity index (χ0n) is 18.8. The number of H-pyrrole nitrogens is 1. The van der Waals surface area contributed by atoms with E-state index in [9.17, 15) is 5.26 Å². The molecule has 4 rings (SSSR count). The van der Waals surface area contributed by atoms with E-state index in [4.69, 9.17) is 24.7 Å². The first kappa shape index (κ1) is 22.1. The summed E-state index contributed by atoms with van der Waals surface area (Å²) in [5.41, 5.74) is 9.56. The number of allylic oxidation sites excluding steroid dienone is 1. The van der Waals surface area contributed by atoms with Crippen molar-refractivity contribution in [3.8, 4) is 40.5 Å². The molecule has 8 nitrogen and oxygen atoms in total. The van der Waals surface area contributed by atoms with Gasteiger partial charge in [-0.05, 0) is 49.2 Å². The second-order valence-electron chi connectivity index (χ2n) is 7.46. The first-order chi connectivity index (χ1) is 16.1. The standard InChI is InChI=1S/C25H26N4O4/c1-4-12-32-17-9-6-15(7-10-17)21-18(14-26)24(27)33-25-22(21)23(28-29-25)16-8-11-19(31-5-2)20(13-16)30-3/h6-11,13,21H,4-5,12,27H2,1-3H3,(H,28,29)/t21-/m0/s1. The van der Waals surface area contributed by atoms with Crippen LogP contribution in [0.2, 0.25) is 0 Å². The first-order valence-corrected chi connectivity index (χ1v) is 10.8. The Morgan fingerprint density at radius 1 is 1.12 bits per heavy atom. The van der Waals surface area contributed by atoms with Gasteiger partial charge in [0.2, 0.25) is 11.8 Å². The van der Waals surface area contributed by atoms with E-state index in [2.05, 4.69) is 23.2 Å². The smallest absolute Gasteiger partial charge is 0.244 e. The number of nitrogens with two attached hydrogens (primary N) is 1. The summed E-state index contributed by atoms with van der Waals surface area (Å²) < 4.78 is 22.5. The molecule has 0 unspecified atom stereocenters. The van der Waals surface area contributed by atoms with Crippen molar-refractivity contribution in [1.82, 2.24) is 10.2 Å². The zero-order chi connectivity index (χ0) is 23.4. The molecule has 0 saturated heterocycles. The molecule has 170 valence electrons. The van der Waals surface area contributed by atoms with Crippen LogP contribution in [0.15, 0.2) is 53.9 Å². The van der Waals surface area contributed by atoms with Crippen LogP contribution in [0.3, 0.4) is 0 Å². The Morgan fingerprint density at radius 3 is 2.58 bits per heavy atom. The number of fused-ring (bicyclic) bond motifs is 1. The summed E-state index contributed by atoms with van der Waals surface area (Å²) in [5.74, 6) is 1.94. The van der Waals surface area contributed by atoms with Gasteiger partial charge in [0, 0.05) is 5.56 Å². The molecular weight excluding hydrogens is 420 g/mol. The minimum atomic E-state index is -0.453. The minimum Gasteiger partial charge on any atom is -0.494 e. The predicted octanol–water partition coefficient (Wildman–Crippen LogP) is 4.49. The average molecular weight is 447 g/mol. The van der Waals surface area contributed by atoms with Gasteiger partial charge in [-0.2, -0.15) is 5.26 Å². The summed E-state index contributed by atoms with van der Waals surface area (Å²) in [6.45, 7) is 5.14. The largest absolute Gasteiger partial charge is 0.494 e. The summed E-state index contributed by atoms with van der Waals surface area (Å²) in [6.07, 6.45) is 0.923. The SMILES string of the molecule is CCCOc1ccc([C@H]2C(C#N)=C(N)Oc3n[nH]c(-c4ccc(OCC)c(OC)c4)c32)cc1. The second-order valence-corrected chi connectivity index (χ2v) is 7.46. The fourth-order valence-corrected chi connectivity index (χ4v) is 3.87. The summed E-state index contributed by atoms with van der Waals surface area (Å²) in [4.78, 5) is 0. The van der Waals surface area contributed by atoms with Gasteiger partial charge >= 0.3 is 0 Å². The van der Waals surface area contributed by atoms with Gasteiger partial charge in [-0.1, -0.05) is 19.1 Å². The van der Waals surface area contributed by atoms with Crippen molar-refractivity contribution in [2.45, 2.75) is 26.2 Å². The maximum absolute atomic E-state index is 9.91. The van der Waals surface area contributed by atoms with Crippen LogP contribution in [-0.2, 0) is 0 Å². The number of benzene rings is 2. The Labute approximate surface area is 192 Å². The topological polar surface area (TPSA) is 115 Å². The number of nitrogens with one attached hydrogen (secondary N) is 1. The molecule has 0 amide bonds. The van der Waals surface area contributed by atoms with E-state index in [0.717, 1.165) is 28.9 Å². The molecule has 1 aliphatic heterocycles. The minimum absolute atomic E-state index is 0.0450. The van der Waals surface area contributed by atoms with Gasteiger partial charge in [0.15, 0.2) is 11.5 Å². The Bertz CT molecular complexity index is 1210. The van der Waals surface area contributed by atoms with E-state index in [1.165, 1.54) is 0 Å². The third kappa shape index (κ3) is 4.17. The molecule has 2 heterocycles. The van der Waals surface area contributed by atoms with E-state index >= 15 is 0 Å². The molecule has 0 bridgehead atoms. The molecule has 0 radical (unpaired) electrons. The van der Waals surface area contributed by atoms with Crippen molar-refractivity contribution in [2.75, 3.05) is 20.3 Å². The lowest BCUT2D eigenvalue weighted by molar-refractivity contribution is 0.311. The van der Waals surface area contributed by atoms with Crippen molar-refractivity contribution >= 4 is 0 Å². The van der Waals surface area contributed by atoms with E-state index in [-0.39, 0.29) is 5.88 Å². The molecule has 1 aliphatic rings. The van der Waals surface area contributed by atoms with Gasteiger partial charge in [0.25, 0.3) is 0 Å². The lowest BCUT2D eigenvalue weighted by atomic mass is 9.83. The van der Waals surface area contributed by atoms with E-state index in [1.54, 1.807) is 7.11 Å². The lowest BCUT2D eigenvalue weighted by Gasteiger charge is -2.24. The molecule has 0 saturated carbocycles. The number of nitrogens with zero attached hydrogens (tertiary/aromatic N) is 2. The number of methoxy groups -OCH3 is 1. The van der Waals surface area contributed by atoms with Gasteiger partial charge in [0.05, 0.1) is 37.5 Å². The number of rotatable bonds is 8. The molecule has 1 atom stereocenters.